The number of nitrogens with zero attached hydrogens (tertiary/aromatic N) is 1. The van der Waals surface area contributed by atoms with E-state index in [1.54, 1.807) is 30.3 Å². The van der Waals surface area contributed by atoms with Gasteiger partial charge in [-0.05, 0) is 18.2 Å². The fourth-order valence-electron chi connectivity index (χ4n) is 1.52. The number of halogens is 1. The Hall–Kier alpha value is -2.96. The molecule has 0 unspecified atom stereocenters. The summed E-state index contributed by atoms with van der Waals surface area (Å²) in [7, 11) is 1.12. The number of para-hydroxylation sites is 1. The number of carbonyl (C=O) groups is 2. The molecule has 0 saturated heterocycles. The number of hydrogen-bond donors (Lipinski definition) is 1. The number of ether oxygens (including phenoxy) is 2. The molecule has 6 nitrogen and oxygen atoms in total. The number of rotatable bonds is 3. The molecule has 0 radical (unpaired) electrons. The molecule has 0 aliphatic heterocycles. The van der Waals surface area contributed by atoms with Crippen LogP contribution in [0.5, 0.6) is 5.75 Å². The lowest BCUT2D eigenvalue weighted by molar-refractivity contribution is 0.0595. The summed E-state index contributed by atoms with van der Waals surface area (Å²) in [6, 6.07) is 9.39. The van der Waals surface area contributed by atoms with Crippen molar-refractivity contribution in [3.8, 4) is 5.75 Å². The summed E-state index contributed by atoms with van der Waals surface area (Å²) in [5, 5.41) is 2.12. The van der Waals surface area contributed by atoms with Gasteiger partial charge in [-0.2, -0.15) is 0 Å². The number of anilines is 1. The monoisotopic (exact) mass is 290 g/mol. The van der Waals surface area contributed by atoms with Gasteiger partial charge in [0.15, 0.2) is 11.6 Å². The van der Waals surface area contributed by atoms with Crippen molar-refractivity contribution in [3.05, 3.63) is 54.0 Å². The SMILES string of the molecule is COC(=O)c1ccnc(NC(=O)Oc2ccccc2)c1F. The maximum atomic E-state index is 14.0. The summed E-state index contributed by atoms with van der Waals surface area (Å²) in [5.74, 6) is -1.98. The van der Waals surface area contributed by atoms with Crippen LogP contribution in [0.15, 0.2) is 42.6 Å². The molecule has 0 saturated carbocycles. The molecule has 7 heteroatoms. The molecule has 0 bridgehead atoms. The van der Waals surface area contributed by atoms with Gasteiger partial charge in [0, 0.05) is 6.20 Å². The van der Waals surface area contributed by atoms with Crippen molar-refractivity contribution in [2.24, 2.45) is 0 Å². The van der Waals surface area contributed by atoms with Crippen LogP contribution in [0.25, 0.3) is 0 Å². The molecule has 0 atom stereocenters. The second kappa shape index (κ2) is 6.47. The first-order chi connectivity index (χ1) is 10.1. The minimum atomic E-state index is -0.991. The first kappa shape index (κ1) is 14.4. The average molecular weight is 290 g/mol. The maximum absolute atomic E-state index is 14.0. The third kappa shape index (κ3) is 3.53. The lowest BCUT2D eigenvalue weighted by Crippen LogP contribution is -2.19. The Balaban J connectivity index is 2.13. The maximum Gasteiger partial charge on any atom is 0.418 e. The predicted molar refractivity (Wildman–Crippen MR) is 71.6 cm³/mol. The van der Waals surface area contributed by atoms with E-state index in [4.69, 9.17) is 4.74 Å². The summed E-state index contributed by atoms with van der Waals surface area (Å²) in [5.41, 5.74) is -0.331. The van der Waals surface area contributed by atoms with Gasteiger partial charge in [0.25, 0.3) is 0 Å². The molecule has 1 aromatic carbocycles. The smallest absolute Gasteiger partial charge is 0.418 e. The van der Waals surface area contributed by atoms with Crippen molar-refractivity contribution in [2.45, 2.75) is 0 Å². The molecule has 0 spiro atoms. The Bertz CT molecular complexity index is 661. The average Bonchev–Trinajstić information content (AvgIpc) is 2.49. The van der Waals surface area contributed by atoms with Crippen molar-refractivity contribution in [1.29, 1.82) is 0 Å². The van der Waals surface area contributed by atoms with Crippen molar-refractivity contribution in [2.75, 3.05) is 12.4 Å². The van der Waals surface area contributed by atoms with Gasteiger partial charge in [-0.25, -0.2) is 19.0 Å². The van der Waals surface area contributed by atoms with E-state index in [0.29, 0.717) is 5.75 Å². The lowest BCUT2D eigenvalue weighted by Gasteiger charge is -2.08. The van der Waals surface area contributed by atoms with Crippen LogP contribution >= 0.6 is 0 Å². The number of aromatic nitrogens is 1. The summed E-state index contributed by atoms with van der Waals surface area (Å²) in [4.78, 5) is 26.6. The largest absolute Gasteiger partial charge is 0.465 e. The summed E-state index contributed by atoms with van der Waals surface area (Å²) in [6.07, 6.45) is 0.252. The van der Waals surface area contributed by atoms with Gasteiger partial charge in [0.1, 0.15) is 11.3 Å². The van der Waals surface area contributed by atoms with Crippen LogP contribution in [-0.4, -0.2) is 24.2 Å². The van der Waals surface area contributed by atoms with Gasteiger partial charge in [-0.3, -0.25) is 5.32 Å². The normalized spacial score (nSPS) is 9.81. The van der Waals surface area contributed by atoms with Crippen molar-refractivity contribution < 1.29 is 23.5 Å². The number of benzene rings is 1. The first-order valence-electron chi connectivity index (χ1n) is 5.88. The van der Waals surface area contributed by atoms with E-state index in [0.717, 1.165) is 13.2 Å². The molecule has 2 rings (SSSR count). The zero-order valence-electron chi connectivity index (χ0n) is 11.0. The van der Waals surface area contributed by atoms with Crippen LogP contribution in [0.4, 0.5) is 15.0 Å². The lowest BCUT2D eigenvalue weighted by atomic mass is 10.2. The Morgan fingerprint density at radius 2 is 1.90 bits per heavy atom. The molecule has 1 heterocycles. The molecule has 1 amide bonds. The second-order valence-electron chi connectivity index (χ2n) is 3.84. The molecule has 0 aliphatic rings. The number of amides is 1. The van der Waals surface area contributed by atoms with E-state index in [2.05, 4.69) is 15.0 Å². The van der Waals surface area contributed by atoms with Crippen molar-refractivity contribution >= 4 is 17.9 Å². The van der Waals surface area contributed by atoms with Gasteiger partial charge in [0.2, 0.25) is 0 Å². The fourth-order valence-corrected chi connectivity index (χ4v) is 1.52. The number of nitrogens with one attached hydrogen (secondary N) is 1. The first-order valence-corrected chi connectivity index (χ1v) is 5.88. The number of esters is 1. The molecule has 21 heavy (non-hydrogen) atoms. The van der Waals surface area contributed by atoms with E-state index >= 15 is 0 Å². The summed E-state index contributed by atoms with van der Waals surface area (Å²) >= 11 is 0. The zero-order valence-corrected chi connectivity index (χ0v) is 11.0. The Kier molecular flexibility index (Phi) is 4.45. The summed E-state index contributed by atoms with van der Waals surface area (Å²) < 4.78 is 23.3. The van der Waals surface area contributed by atoms with Crippen LogP contribution in [0, 0.1) is 5.82 Å². The highest BCUT2D eigenvalue weighted by Gasteiger charge is 2.18. The second-order valence-corrected chi connectivity index (χ2v) is 3.84. The molecule has 108 valence electrons. The number of pyridine rings is 1. The number of carbonyl (C=O) groups excluding carboxylic acids is 2. The third-order valence-corrected chi connectivity index (χ3v) is 2.47. The molecule has 1 N–H and O–H groups in total. The van der Waals surface area contributed by atoms with Gasteiger partial charge in [0.05, 0.1) is 7.11 Å². The highest BCUT2D eigenvalue weighted by molar-refractivity contribution is 5.92. The highest BCUT2D eigenvalue weighted by Crippen LogP contribution is 2.17. The molecular formula is C14H11FN2O4. The van der Waals surface area contributed by atoms with Gasteiger partial charge in [-0.15, -0.1) is 0 Å². The Morgan fingerprint density at radius 3 is 2.57 bits per heavy atom. The minimum absolute atomic E-state index is 0.291. The van der Waals surface area contributed by atoms with E-state index in [-0.39, 0.29) is 5.56 Å². The third-order valence-electron chi connectivity index (χ3n) is 2.47. The summed E-state index contributed by atoms with van der Waals surface area (Å²) in [6.45, 7) is 0. The van der Waals surface area contributed by atoms with Gasteiger partial charge in [-0.1, -0.05) is 18.2 Å². The zero-order chi connectivity index (χ0) is 15.2. The Labute approximate surface area is 119 Å². The van der Waals surface area contributed by atoms with Crippen LogP contribution in [0.2, 0.25) is 0 Å². The van der Waals surface area contributed by atoms with Crippen molar-refractivity contribution in [1.82, 2.24) is 4.98 Å². The van der Waals surface area contributed by atoms with Crippen LogP contribution < -0.4 is 10.1 Å². The Morgan fingerprint density at radius 1 is 1.19 bits per heavy atom. The van der Waals surface area contributed by atoms with E-state index in [1.165, 1.54) is 6.20 Å². The van der Waals surface area contributed by atoms with E-state index < -0.39 is 23.7 Å². The molecule has 2 aromatic rings. The predicted octanol–water partition coefficient (Wildman–Crippen LogP) is 2.62. The van der Waals surface area contributed by atoms with Crippen LogP contribution in [0.3, 0.4) is 0 Å². The quantitative estimate of drug-likeness (QED) is 0.879. The van der Waals surface area contributed by atoms with E-state index in [9.17, 15) is 14.0 Å². The van der Waals surface area contributed by atoms with Gasteiger partial charge >= 0.3 is 12.1 Å². The molecule has 0 aliphatic carbocycles. The van der Waals surface area contributed by atoms with E-state index in [1.807, 2.05) is 0 Å². The topological polar surface area (TPSA) is 77.5 Å². The van der Waals surface area contributed by atoms with Crippen LogP contribution in [0.1, 0.15) is 10.4 Å². The molecule has 0 fully saturated rings. The molecule has 1 aromatic heterocycles. The van der Waals surface area contributed by atoms with Crippen LogP contribution in [-0.2, 0) is 4.74 Å². The number of hydrogen-bond acceptors (Lipinski definition) is 5. The number of methoxy groups -OCH3 is 1. The van der Waals surface area contributed by atoms with Crippen molar-refractivity contribution in [3.63, 3.8) is 0 Å². The highest BCUT2D eigenvalue weighted by atomic mass is 19.1. The standard InChI is InChI=1S/C14H11FN2O4/c1-20-13(18)10-7-8-16-12(11(10)15)17-14(19)21-9-5-3-2-4-6-9/h2-8H,1H3,(H,16,17,19). The fraction of sp³-hybridized carbons (Fsp3) is 0.0714. The minimum Gasteiger partial charge on any atom is -0.465 e. The molecular weight excluding hydrogens is 279 g/mol. The van der Waals surface area contributed by atoms with Gasteiger partial charge < -0.3 is 9.47 Å².